The first-order valence-electron chi connectivity index (χ1n) is 6.17. The largest absolute Gasteiger partial charge is 0.381 e. The Hall–Kier alpha value is -1.58. The molecule has 0 aromatic heterocycles. The van der Waals surface area contributed by atoms with Gasteiger partial charge in [0.05, 0.1) is 0 Å². The average molecular weight is 323 g/mol. The molecule has 128 valence electrons. The van der Waals surface area contributed by atoms with E-state index in [0.717, 1.165) is 19.7 Å². The highest BCUT2D eigenvalue weighted by atomic mass is 16.3. The fraction of sp³-hybridized carbons (Fsp3) is 0.778. The maximum atomic E-state index is 9.22. The van der Waals surface area contributed by atoms with Crippen LogP contribution in [-0.2, 0) is 0 Å². The average Bonchev–Trinajstić information content (AvgIpc) is 2.54. The van der Waals surface area contributed by atoms with Gasteiger partial charge >= 0.3 is 0 Å². The van der Waals surface area contributed by atoms with Crippen LogP contribution in [0.3, 0.4) is 0 Å². The number of aliphatic hydroxyl groups is 6. The number of hydrazine groups is 1. The van der Waals surface area contributed by atoms with Crippen LogP contribution in [0, 0.1) is 0 Å². The summed E-state index contributed by atoms with van der Waals surface area (Å²) in [5.74, 6) is 5.50. The molecule has 1 aliphatic rings. The predicted molar refractivity (Wildman–Crippen MR) is 72.7 cm³/mol. The van der Waals surface area contributed by atoms with E-state index in [1.54, 1.807) is 0 Å². The van der Waals surface area contributed by atoms with Crippen molar-refractivity contribution in [1.29, 1.82) is 0 Å². The zero-order chi connectivity index (χ0) is 16.7. The van der Waals surface area contributed by atoms with Crippen molar-refractivity contribution < 1.29 is 30.6 Å². The number of aliphatic imine (C=N–C) groups is 2. The topological polar surface area (TPSA) is 185 Å². The molecule has 1 aliphatic heterocycles. The highest BCUT2D eigenvalue weighted by molar-refractivity contribution is 5.96. The van der Waals surface area contributed by atoms with Gasteiger partial charge in [0, 0.05) is 0 Å². The summed E-state index contributed by atoms with van der Waals surface area (Å²) in [6, 6.07) is 0. The Bertz CT molecular complexity index is 396. The Balaban J connectivity index is 3.23. The van der Waals surface area contributed by atoms with Crippen molar-refractivity contribution in [2.45, 2.75) is 6.29 Å². The fourth-order valence-electron chi connectivity index (χ4n) is 1.62. The van der Waals surface area contributed by atoms with Gasteiger partial charge in [-0.25, -0.2) is 20.7 Å². The summed E-state index contributed by atoms with van der Waals surface area (Å²) in [7, 11) is 0. The molecule has 0 aromatic rings. The molecule has 0 radical (unpaired) electrons. The molecule has 1 heterocycles. The van der Waals surface area contributed by atoms with E-state index < -0.39 is 46.7 Å². The number of hydrogen-bond donors (Lipinski definition) is 7. The monoisotopic (exact) mass is 323 g/mol. The molecule has 0 spiro atoms. The summed E-state index contributed by atoms with van der Waals surface area (Å²) < 4.78 is 0. The Morgan fingerprint density at radius 1 is 0.864 bits per heavy atom. The number of nitrogens with zero attached hydrogens (tertiary/aromatic N) is 6. The Morgan fingerprint density at radius 3 is 1.77 bits per heavy atom. The minimum atomic E-state index is -1.14. The first-order valence-corrected chi connectivity index (χ1v) is 6.17. The van der Waals surface area contributed by atoms with E-state index in [2.05, 4.69) is 9.98 Å². The van der Waals surface area contributed by atoms with Gasteiger partial charge in [-0.3, -0.25) is 9.80 Å². The van der Waals surface area contributed by atoms with Crippen LogP contribution in [0.1, 0.15) is 0 Å². The molecule has 1 atom stereocenters. The third-order valence-electron chi connectivity index (χ3n) is 2.85. The van der Waals surface area contributed by atoms with Gasteiger partial charge in [-0.05, 0) is 0 Å². The van der Waals surface area contributed by atoms with Crippen molar-refractivity contribution >= 4 is 11.9 Å². The van der Waals surface area contributed by atoms with Crippen LogP contribution < -0.4 is 5.84 Å². The molecule has 0 aliphatic carbocycles. The Morgan fingerprint density at radius 2 is 1.36 bits per heavy atom. The number of hydrogen-bond acceptors (Lipinski definition) is 13. The van der Waals surface area contributed by atoms with Crippen LogP contribution in [0.4, 0.5) is 0 Å². The molecule has 0 saturated carbocycles. The van der Waals surface area contributed by atoms with E-state index in [4.69, 9.17) is 16.1 Å². The maximum absolute atomic E-state index is 9.22. The Kier molecular flexibility index (Phi) is 7.36. The molecule has 0 aromatic carbocycles. The highest BCUT2D eigenvalue weighted by Crippen LogP contribution is 2.13. The molecule has 0 amide bonds. The highest BCUT2D eigenvalue weighted by Gasteiger charge is 2.33. The van der Waals surface area contributed by atoms with Crippen molar-refractivity contribution in [2.75, 3.05) is 40.4 Å². The zero-order valence-corrected chi connectivity index (χ0v) is 11.8. The van der Waals surface area contributed by atoms with Gasteiger partial charge in [0.1, 0.15) is 40.4 Å². The van der Waals surface area contributed by atoms with E-state index in [1.807, 2.05) is 0 Å². The smallest absolute Gasteiger partial charge is 0.230 e. The second kappa shape index (κ2) is 8.76. The van der Waals surface area contributed by atoms with Crippen molar-refractivity contribution in [1.82, 2.24) is 19.7 Å². The lowest BCUT2D eigenvalue weighted by molar-refractivity contribution is -0.0474. The molecule has 13 heteroatoms. The van der Waals surface area contributed by atoms with Crippen LogP contribution in [0.5, 0.6) is 0 Å². The lowest BCUT2D eigenvalue weighted by atomic mass is 10.5. The first-order chi connectivity index (χ1) is 10.6. The second-order valence-corrected chi connectivity index (χ2v) is 4.11. The van der Waals surface area contributed by atoms with Crippen molar-refractivity contribution in [2.24, 2.45) is 15.8 Å². The van der Waals surface area contributed by atoms with Crippen LogP contribution in [0.2, 0.25) is 0 Å². The number of rotatable bonds is 7. The summed E-state index contributed by atoms with van der Waals surface area (Å²) in [5, 5.41) is 56.1. The van der Waals surface area contributed by atoms with Crippen molar-refractivity contribution in [3.8, 4) is 0 Å². The van der Waals surface area contributed by atoms with Crippen LogP contribution >= 0.6 is 0 Å². The third kappa shape index (κ3) is 3.79. The maximum Gasteiger partial charge on any atom is 0.230 e. The zero-order valence-electron chi connectivity index (χ0n) is 11.8. The van der Waals surface area contributed by atoms with Crippen molar-refractivity contribution in [3.05, 3.63) is 0 Å². The van der Waals surface area contributed by atoms with E-state index in [9.17, 15) is 20.4 Å². The molecule has 0 bridgehead atoms. The van der Waals surface area contributed by atoms with E-state index in [0.29, 0.717) is 0 Å². The molecule has 1 unspecified atom stereocenters. The van der Waals surface area contributed by atoms with Gasteiger partial charge in [-0.15, -0.1) is 0 Å². The van der Waals surface area contributed by atoms with E-state index >= 15 is 0 Å². The predicted octanol–water partition coefficient (Wildman–Crippen LogP) is -5.22. The van der Waals surface area contributed by atoms with Crippen LogP contribution in [0.15, 0.2) is 9.98 Å². The molecule has 13 nitrogen and oxygen atoms in total. The fourth-order valence-corrected chi connectivity index (χ4v) is 1.62. The molecule has 8 N–H and O–H groups in total. The van der Waals surface area contributed by atoms with Gasteiger partial charge in [0.15, 0.2) is 0 Å². The summed E-state index contributed by atoms with van der Waals surface area (Å²) >= 11 is 0. The molecular formula is C9H21N7O6. The standard InChI is InChI=1S/C9H21N7O6/c10-16-8(14(3-19)4-20)11-7(13(1-17)2-18)12-9(16)15(5-21)6-22/h8,17-22H,1-6,10H2. The molecule has 1 rings (SSSR count). The first kappa shape index (κ1) is 18.5. The van der Waals surface area contributed by atoms with Crippen LogP contribution in [-0.4, -0.2) is 109 Å². The molecule has 22 heavy (non-hydrogen) atoms. The molecule has 0 fully saturated rings. The number of aliphatic hydroxyl groups excluding tert-OH is 6. The summed E-state index contributed by atoms with van der Waals surface area (Å²) in [5.41, 5.74) is 0. The minimum Gasteiger partial charge on any atom is -0.381 e. The quantitative estimate of drug-likeness (QED) is 0.175. The number of guanidine groups is 2. The normalized spacial score (nSPS) is 18.4. The summed E-state index contributed by atoms with van der Waals surface area (Å²) in [6.45, 7) is -3.68. The van der Waals surface area contributed by atoms with Gasteiger partial charge in [-0.1, -0.05) is 0 Å². The minimum absolute atomic E-state index is 0.140. The summed E-state index contributed by atoms with van der Waals surface area (Å²) in [4.78, 5) is 10.9. The van der Waals surface area contributed by atoms with Gasteiger partial charge < -0.3 is 30.6 Å². The third-order valence-corrected chi connectivity index (χ3v) is 2.85. The summed E-state index contributed by atoms with van der Waals surface area (Å²) in [6.07, 6.45) is -1.14. The van der Waals surface area contributed by atoms with E-state index in [-0.39, 0.29) is 11.9 Å². The van der Waals surface area contributed by atoms with Gasteiger partial charge in [-0.2, -0.15) is 4.99 Å². The van der Waals surface area contributed by atoms with Crippen molar-refractivity contribution in [3.63, 3.8) is 0 Å². The molecular weight excluding hydrogens is 302 g/mol. The second-order valence-electron chi connectivity index (χ2n) is 4.11. The molecule has 0 saturated heterocycles. The lowest BCUT2D eigenvalue weighted by Crippen LogP contribution is -2.61. The van der Waals surface area contributed by atoms with Gasteiger partial charge in [0.2, 0.25) is 18.2 Å². The van der Waals surface area contributed by atoms with Gasteiger partial charge in [0.25, 0.3) is 0 Å². The Labute approximate surface area is 126 Å². The van der Waals surface area contributed by atoms with E-state index in [1.165, 1.54) is 0 Å². The SMILES string of the molecule is NN1C(N(CO)CO)=NC(N(CO)CO)=NC1N(CO)CO. The lowest BCUT2D eigenvalue weighted by Gasteiger charge is -2.39. The number of nitrogens with two attached hydrogens (primary N) is 1. The van der Waals surface area contributed by atoms with Crippen LogP contribution in [0.25, 0.3) is 0 Å².